The summed E-state index contributed by atoms with van der Waals surface area (Å²) in [6, 6.07) is 6.34. The molecule has 1 aromatic rings. The second-order valence-corrected chi connectivity index (χ2v) is 5.87. The van der Waals surface area contributed by atoms with Gasteiger partial charge in [-0.15, -0.1) is 0 Å². The first-order chi connectivity index (χ1) is 8.65. The van der Waals surface area contributed by atoms with Gasteiger partial charge in [-0.1, -0.05) is 23.7 Å². The van der Waals surface area contributed by atoms with Gasteiger partial charge in [-0.05, 0) is 50.4 Å². The van der Waals surface area contributed by atoms with Crippen LogP contribution in [-0.4, -0.2) is 26.8 Å². The smallest absolute Gasteiger partial charge is 0.0537 e. The second kappa shape index (κ2) is 6.05. The van der Waals surface area contributed by atoms with Crippen molar-refractivity contribution in [1.29, 1.82) is 0 Å². The van der Waals surface area contributed by atoms with Gasteiger partial charge >= 0.3 is 0 Å². The van der Waals surface area contributed by atoms with Gasteiger partial charge in [-0.25, -0.2) is 0 Å². The van der Waals surface area contributed by atoms with Gasteiger partial charge in [0, 0.05) is 23.6 Å². The summed E-state index contributed by atoms with van der Waals surface area (Å²) in [6.07, 6.45) is 3.34. The molecule has 1 heterocycles. The Bertz CT molecular complexity index is 394. The molecule has 0 bridgehead atoms. The van der Waals surface area contributed by atoms with Crippen molar-refractivity contribution >= 4 is 11.6 Å². The van der Waals surface area contributed by atoms with Gasteiger partial charge in [0.15, 0.2) is 0 Å². The Morgan fingerprint density at radius 3 is 2.89 bits per heavy atom. The van der Waals surface area contributed by atoms with Crippen LogP contribution in [0.15, 0.2) is 18.2 Å². The van der Waals surface area contributed by atoms with E-state index in [-0.39, 0.29) is 5.41 Å². The Kier molecular flexibility index (Phi) is 4.66. The van der Waals surface area contributed by atoms with E-state index in [9.17, 15) is 0 Å². The fraction of sp³-hybridized carbons (Fsp3) is 0.600. The third-order valence-electron chi connectivity index (χ3n) is 3.73. The summed E-state index contributed by atoms with van der Waals surface area (Å²) in [6.45, 7) is 4.78. The molecule has 0 spiro atoms. The highest BCUT2D eigenvalue weighted by atomic mass is 35.5. The third kappa shape index (κ3) is 3.25. The van der Waals surface area contributed by atoms with Crippen molar-refractivity contribution in [3.05, 3.63) is 34.3 Å². The Morgan fingerprint density at radius 1 is 1.44 bits per heavy atom. The van der Waals surface area contributed by atoms with E-state index in [2.05, 4.69) is 24.4 Å². The van der Waals surface area contributed by atoms with Gasteiger partial charge in [0.2, 0.25) is 0 Å². The highest BCUT2D eigenvalue weighted by molar-refractivity contribution is 6.31. The van der Waals surface area contributed by atoms with Crippen LogP contribution in [0.25, 0.3) is 0 Å². The van der Waals surface area contributed by atoms with E-state index in [0.29, 0.717) is 0 Å². The van der Waals surface area contributed by atoms with Gasteiger partial charge in [-0.2, -0.15) is 0 Å². The van der Waals surface area contributed by atoms with Crippen LogP contribution in [0, 0.1) is 12.3 Å². The van der Waals surface area contributed by atoms with Crippen molar-refractivity contribution < 1.29 is 4.74 Å². The topological polar surface area (TPSA) is 21.3 Å². The molecule has 2 rings (SSSR count). The average molecular weight is 268 g/mol. The summed E-state index contributed by atoms with van der Waals surface area (Å²) in [5.74, 6) is 0. The van der Waals surface area contributed by atoms with Crippen molar-refractivity contribution in [2.45, 2.75) is 26.2 Å². The molecular formula is C15H22ClNO. The van der Waals surface area contributed by atoms with Crippen LogP contribution in [0.4, 0.5) is 0 Å². The molecule has 18 heavy (non-hydrogen) atoms. The van der Waals surface area contributed by atoms with Crippen molar-refractivity contribution in [1.82, 2.24) is 5.32 Å². The van der Waals surface area contributed by atoms with Crippen LogP contribution in [0.1, 0.15) is 24.0 Å². The summed E-state index contributed by atoms with van der Waals surface area (Å²) in [5.41, 5.74) is 2.65. The molecule has 0 radical (unpaired) electrons. The van der Waals surface area contributed by atoms with E-state index in [4.69, 9.17) is 16.3 Å². The fourth-order valence-electron chi connectivity index (χ4n) is 2.83. The normalized spacial score (nSPS) is 24.2. The zero-order valence-electron chi connectivity index (χ0n) is 11.3. The first-order valence-corrected chi connectivity index (χ1v) is 7.00. The Labute approximate surface area is 115 Å². The number of aryl methyl sites for hydroxylation is 1. The summed E-state index contributed by atoms with van der Waals surface area (Å²) >= 11 is 6.35. The van der Waals surface area contributed by atoms with Gasteiger partial charge in [0.25, 0.3) is 0 Å². The van der Waals surface area contributed by atoms with Gasteiger partial charge in [-0.3, -0.25) is 0 Å². The lowest BCUT2D eigenvalue weighted by Crippen LogP contribution is -2.41. The number of nitrogens with one attached hydrogen (secondary N) is 1. The quantitative estimate of drug-likeness (QED) is 0.905. The third-order valence-corrected chi connectivity index (χ3v) is 4.08. The zero-order chi connectivity index (χ0) is 13.0. The predicted octanol–water partition coefficient (Wildman–Crippen LogP) is 3.21. The lowest BCUT2D eigenvalue weighted by Gasteiger charge is -2.37. The van der Waals surface area contributed by atoms with Crippen LogP contribution in [0.3, 0.4) is 0 Å². The van der Waals surface area contributed by atoms with Crippen molar-refractivity contribution in [3.8, 4) is 0 Å². The van der Waals surface area contributed by atoms with Crippen LogP contribution >= 0.6 is 11.6 Å². The maximum atomic E-state index is 6.35. The fourth-order valence-corrected chi connectivity index (χ4v) is 3.13. The van der Waals surface area contributed by atoms with Crippen LogP contribution < -0.4 is 5.32 Å². The largest absolute Gasteiger partial charge is 0.381 e. The van der Waals surface area contributed by atoms with Crippen molar-refractivity contribution in [2.24, 2.45) is 5.41 Å². The van der Waals surface area contributed by atoms with Crippen LogP contribution in [0.2, 0.25) is 5.02 Å². The molecule has 1 fully saturated rings. The summed E-state index contributed by atoms with van der Waals surface area (Å²) in [7, 11) is 2.01. The number of benzene rings is 1. The lowest BCUT2D eigenvalue weighted by atomic mass is 9.77. The molecule has 0 aliphatic carbocycles. The van der Waals surface area contributed by atoms with E-state index in [0.717, 1.165) is 37.6 Å². The maximum absolute atomic E-state index is 6.35. The first-order valence-electron chi connectivity index (χ1n) is 6.63. The van der Waals surface area contributed by atoms with E-state index in [1.807, 2.05) is 13.1 Å². The minimum Gasteiger partial charge on any atom is -0.381 e. The second-order valence-electron chi connectivity index (χ2n) is 5.46. The molecule has 1 aliphatic rings. The van der Waals surface area contributed by atoms with Crippen LogP contribution in [-0.2, 0) is 11.2 Å². The molecular weight excluding hydrogens is 246 g/mol. The van der Waals surface area contributed by atoms with E-state index >= 15 is 0 Å². The minimum atomic E-state index is 0.200. The number of hydrogen-bond donors (Lipinski definition) is 1. The van der Waals surface area contributed by atoms with E-state index < -0.39 is 0 Å². The van der Waals surface area contributed by atoms with E-state index in [1.165, 1.54) is 17.5 Å². The predicted molar refractivity (Wildman–Crippen MR) is 76.3 cm³/mol. The first kappa shape index (κ1) is 13.9. The summed E-state index contributed by atoms with van der Waals surface area (Å²) < 4.78 is 5.69. The number of hydrogen-bond acceptors (Lipinski definition) is 2. The molecule has 1 unspecified atom stereocenters. The van der Waals surface area contributed by atoms with Gasteiger partial charge in [0.1, 0.15) is 0 Å². The monoisotopic (exact) mass is 267 g/mol. The molecule has 0 amide bonds. The number of ether oxygens (including phenoxy) is 1. The molecule has 1 aromatic carbocycles. The van der Waals surface area contributed by atoms with Gasteiger partial charge in [0.05, 0.1) is 6.61 Å². The van der Waals surface area contributed by atoms with Gasteiger partial charge < -0.3 is 10.1 Å². The summed E-state index contributed by atoms with van der Waals surface area (Å²) in [5, 5.41) is 4.19. The van der Waals surface area contributed by atoms with E-state index in [1.54, 1.807) is 0 Å². The Morgan fingerprint density at radius 2 is 2.28 bits per heavy atom. The highest BCUT2D eigenvalue weighted by Crippen LogP contribution is 2.34. The summed E-state index contributed by atoms with van der Waals surface area (Å²) in [4.78, 5) is 0. The molecule has 0 saturated carbocycles. The molecule has 1 atom stereocenters. The molecule has 3 heteroatoms. The standard InChI is InChI=1S/C15H22ClNO/c1-12-4-5-13(14(16)8-12)9-15(10-17-2)6-3-7-18-11-15/h4-5,8,17H,3,6-7,9-11H2,1-2H3. The molecule has 1 aliphatic heterocycles. The van der Waals surface area contributed by atoms with Crippen LogP contribution in [0.5, 0.6) is 0 Å². The minimum absolute atomic E-state index is 0.200. The Hall–Kier alpha value is -0.570. The number of rotatable bonds is 4. The molecule has 2 nitrogen and oxygen atoms in total. The highest BCUT2D eigenvalue weighted by Gasteiger charge is 2.33. The molecule has 0 aromatic heterocycles. The average Bonchev–Trinajstić information content (AvgIpc) is 2.34. The molecule has 1 saturated heterocycles. The Balaban J connectivity index is 2.17. The zero-order valence-corrected chi connectivity index (χ0v) is 12.0. The molecule has 1 N–H and O–H groups in total. The van der Waals surface area contributed by atoms with Crippen molar-refractivity contribution in [3.63, 3.8) is 0 Å². The van der Waals surface area contributed by atoms with Crippen molar-refractivity contribution in [2.75, 3.05) is 26.8 Å². The molecule has 100 valence electrons. The SMILES string of the molecule is CNCC1(Cc2ccc(C)cc2Cl)CCCOC1. The number of halogens is 1. The lowest BCUT2D eigenvalue weighted by molar-refractivity contribution is -0.00622. The maximum Gasteiger partial charge on any atom is 0.0537 e.